The molecule has 0 radical (unpaired) electrons. The summed E-state index contributed by atoms with van der Waals surface area (Å²) >= 11 is 0. The third-order valence-electron chi connectivity index (χ3n) is 3.57. The van der Waals surface area contributed by atoms with Gasteiger partial charge in [0.15, 0.2) is 0 Å². The van der Waals surface area contributed by atoms with Crippen LogP contribution in [0.1, 0.15) is 18.4 Å². The van der Waals surface area contributed by atoms with Gasteiger partial charge in [0.1, 0.15) is 11.9 Å². The van der Waals surface area contributed by atoms with Gasteiger partial charge >= 0.3 is 0 Å². The summed E-state index contributed by atoms with van der Waals surface area (Å²) in [6, 6.07) is 7.22. The molecule has 0 aromatic heterocycles. The fourth-order valence-electron chi connectivity index (χ4n) is 2.40. The second kappa shape index (κ2) is 5.36. The first-order valence-electron chi connectivity index (χ1n) is 6.23. The summed E-state index contributed by atoms with van der Waals surface area (Å²) in [5.41, 5.74) is 0.984. The number of piperidine rings is 1. The van der Waals surface area contributed by atoms with Crippen molar-refractivity contribution in [2.45, 2.75) is 18.9 Å². The van der Waals surface area contributed by atoms with Gasteiger partial charge in [0.25, 0.3) is 0 Å². The van der Waals surface area contributed by atoms with Crippen molar-refractivity contribution in [3.8, 4) is 6.07 Å². The van der Waals surface area contributed by atoms with Crippen LogP contribution in [-0.2, 0) is 0 Å². The van der Waals surface area contributed by atoms with E-state index >= 15 is 0 Å². The van der Waals surface area contributed by atoms with Crippen molar-refractivity contribution in [3.05, 3.63) is 29.6 Å². The van der Waals surface area contributed by atoms with Gasteiger partial charge in [-0.2, -0.15) is 5.26 Å². The van der Waals surface area contributed by atoms with Crippen LogP contribution in [0.4, 0.5) is 10.1 Å². The molecule has 18 heavy (non-hydrogen) atoms. The lowest BCUT2D eigenvalue weighted by atomic mass is 10.0. The number of rotatable bonds is 2. The number of nitriles is 1. The van der Waals surface area contributed by atoms with Gasteiger partial charge in [0, 0.05) is 24.8 Å². The minimum atomic E-state index is -0.429. The van der Waals surface area contributed by atoms with Crippen LogP contribution in [-0.4, -0.2) is 38.1 Å². The largest absolute Gasteiger partial charge is 0.370 e. The van der Waals surface area contributed by atoms with E-state index in [2.05, 4.69) is 23.9 Å². The van der Waals surface area contributed by atoms with Crippen LogP contribution in [0.15, 0.2) is 18.2 Å². The second-order valence-corrected chi connectivity index (χ2v) is 4.98. The molecule has 96 valence electrons. The molecular weight excluding hydrogens is 229 g/mol. The lowest BCUT2D eigenvalue weighted by molar-refractivity contribution is 0.258. The van der Waals surface area contributed by atoms with E-state index in [9.17, 15) is 4.39 Å². The van der Waals surface area contributed by atoms with Gasteiger partial charge in [0.05, 0.1) is 5.56 Å². The molecule has 1 saturated heterocycles. The molecule has 1 aliphatic heterocycles. The number of benzene rings is 1. The summed E-state index contributed by atoms with van der Waals surface area (Å²) in [5.74, 6) is -0.429. The van der Waals surface area contributed by atoms with Crippen molar-refractivity contribution >= 4 is 5.69 Å². The van der Waals surface area contributed by atoms with Crippen molar-refractivity contribution in [2.24, 2.45) is 0 Å². The number of anilines is 1. The lowest BCUT2D eigenvalue weighted by Crippen LogP contribution is -2.45. The number of hydrogen-bond acceptors (Lipinski definition) is 3. The average Bonchev–Trinajstić information content (AvgIpc) is 2.38. The maximum atomic E-state index is 13.6. The summed E-state index contributed by atoms with van der Waals surface area (Å²) < 4.78 is 13.6. The number of likely N-dealkylation sites (N-methyl/N-ethyl adjacent to an activating group) is 1. The Hall–Kier alpha value is -1.60. The first-order chi connectivity index (χ1) is 8.61. The van der Waals surface area contributed by atoms with E-state index in [0.717, 1.165) is 25.2 Å². The SMILES string of the molecule is CN(C)C1CCCN(c2ccc(C#N)c(F)c2)C1. The van der Waals surface area contributed by atoms with Crippen LogP contribution >= 0.6 is 0 Å². The Morgan fingerprint density at radius 1 is 1.44 bits per heavy atom. The Morgan fingerprint density at radius 3 is 2.83 bits per heavy atom. The third kappa shape index (κ3) is 2.62. The van der Waals surface area contributed by atoms with Crippen LogP contribution in [0.5, 0.6) is 0 Å². The zero-order chi connectivity index (χ0) is 13.1. The zero-order valence-electron chi connectivity index (χ0n) is 10.9. The molecule has 0 spiro atoms. The van der Waals surface area contributed by atoms with Gasteiger partial charge in [0.2, 0.25) is 0 Å². The molecule has 4 heteroatoms. The smallest absolute Gasteiger partial charge is 0.143 e. The minimum Gasteiger partial charge on any atom is -0.370 e. The minimum absolute atomic E-state index is 0.111. The molecule has 1 aliphatic rings. The molecule has 1 unspecified atom stereocenters. The van der Waals surface area contributed by atoms with E-state index in [-0.39, 0.29) is 5.56 Å². The van der Waals surface area contributed by atoms with Crippen LogP contribution in [0.25, 0.3) is 0 Å². The lowest BCUT2D eigenvalue weighted by Gasteiger charge is -2.37. The molecule has 1 aromatic rings. The molecule has 1 fully saturated rings. The Bertz CT molecular complexity index is 465. The van der Waals surface area contributed by atoms with Crippen LogP contribution in [0, 0.1) is 17.1 Å². The highest BCUT2D eigenvalue weighted by Gasteiger charge is 2.22. The van der Waals surface area contributed by atoms with Crippen molar-refractivity contribution in [3.63, 3.8) is 0 Å². The third-order valence-corrected chi connectivity index (χ3v) is 3.57. The molecule has 0 saturated carbocycles. The first kappa shape index (κ1) is 12.8. The standard InChI is InChI=1S/C14H18FN3/c1-17(2)13-4-3-7-18(10-13)12-6-5-11(9-16)14(15)8-12/h5-6,8,13H,3-4,7,10H2,1-2H3. The van der Waals surface area contributed by atoms with Gasteiger partial charge in [-0.3, -0.25) is 0 Å². The maximum absolute atomic E-state index is 13.6. The van der Waals surface area contributed by atoms with Gasteiger partial charge < -0.3 is 9.80 Å². The van der Waals surface area contributed by atoms with Crippen molar-refractivity contribution in [2.75, 3.05) is 32.1 Å². The van der Waals surface area contributed by atoms with E-state index in [0.29, 0.717) is 6.04 Å². The van der Waals surface area contributed by atoms with Crippen LogP contribution < -0.4 is 4.90 Å². The van der Waals surface area contributed by atoms with E-state index < -0.39 is 5.82 Å². The molecule has 3 nitrogen and oxygen atoms in total. The number of nitrogens with zero attached hydrogens (tertiary/aromatic N) is 3. The van der Waals surface area contributed by atoms with Crippen molar-refractivity contribution < 1.29 is 4.39 Å². The second-order valence-electron chi connectivity index (χ2n) is 4.98. The fourth-order valence-corrected chi connectivity index (χ4v) is 2.40. The van der Waals surface area contributed by atoms with E-state index in [4.69, 9.17) is 5.26 Å². The topological polar surface area (TPSA) is 30.3 Å². The molecule has 0 aliphatic carbocycles. The number of hydrogen-bond donors (Lipinski definition) is 0. The molecule has 2 rings (SSSR count). The Morgan fingerprint density at radius 2 is 2.22 bits per heavy atom. The fraction of sp³-hybridized carbons (Fsp3) is 0.500. The molecular formula is C14H18FN3. The zero-order valence-corrected chi connectivity index (χ0v) is 10.9. The predicted octanol–water partition coefficient (Wildman–Crippen LogP) is 2.23. The van der Waals surface area contributed by atoms with Crippen molar-refractivity contribution in [1.29, 1.82) is 5.26 Å². The summed E-state index contributed by atoms with van der Waals surface area (Å²) in [7, 11) is 4.15. The summed E-state index contributed by atoms with van der Waals surface area (Å²) in [4.78, 5) is 4.41. The molecule has 1 aromatic carbocycles. The van der Waals surface area contributed by atoms with E-state index in [1.165, 1.54) is 12.5 Å². The molecule has 0 amide bonds. The highest BCUT2D eigenvalue weighted by Crippen LogP contribution is 2.23. The van der Waals surface area contributed by atoms with Crippen LogP contribution in [0.3, 0.4) is 0 Å². The normalized spacial score (nSPS) is 19.9. The van der Waals surface area contributed by atoms with Gasteiger partial charge in [-0.1, -0.05) is 0 Å². The van der Waals surface area contributed by atoms with E-state index in [1.807, 2.05) is 12.1 Å². The Kier molecular flexibility index (Phi) is 3.83. The molecule has 1 atom stereocenters. The summed E-state index contributed by atoms with van der Waals surface area (Å²) in [6.07, 6.45) is 2.30. The maximum Gasteiger partial charge on any atom is 0.143 e. The first-order valence-corrected chi connectivity index (χ1v) is 6.23. The highest BCUT2D eigenvalue weighted by atomic mass is 19.1. The highest BCUT2D eigenvalue weighted by molar-refractivity contribution is 5.51. The van der Waals surface area contributed by atoms with Crippen molar-refractivity contribution in [1.82, 2.24) is 4.90 Å². The van der Waals surface area contributed by atoms with Gasteiger partial charge in [-0.15, -0.1) is 0 Å². The van der Waals surface area contributed by atoms with E-state index in [1.54, 1.807) is 6.07 Å². The number of halogens is 1. The molecule has 0 N–H and O–H groups in total. The summed E-state index contributed by atoms with van der Waals surface area (Å²) in [5, 5.41) is 8.72. The average molecular weight is 247 g/mol. The van der Waals surface area contributed by atoms with Crippen LogP contribution in [0.2, 0.25) is 0 Å². The van der Waals surface area contributed by atoms with Gasteiger partial charge in [-0.05, 0) is 45.1 Å². The monoisotopic (exact) mass is 247 g/mol. The Balaban J connectivity index is 2.16. The summed E-state index contributed by atoms with van der Waals surface area (Å²) in [6.45, 7) is 1.87. The quantitative estimate of drug-likeness (QED) is 0.803. The molecule has 0 bridgehead atoms. The Labute approximate surface area is 107 Å². The molecule has 1 heterocycles. The van der Waals surface area contributed by atoms with Gasteiger partial charge in [-0.25, -0.2) is 4.39 Å². The predicted molar refractivity (Wildman–Crippen MR) is 70.0 cm³/mol.